The Balaban J connectivity index is 1.60. The minimum absolute atomic E-state index is 0.000700. The molecule has 0 radical (unpaired) electrons. The molecule has 3 amide bonds. The zero-order chi connectivity index (χ0) is 31.1. The smallest absolute Gasteiger partial charge is 0.259 e. The van der Waals surface area contributed by atoms with Crippen LogP contribution in [0.25, 0.3) is 21.6 Å². The van der Waals surface area contributed by atoms with Crippen molar-refractivity contribution in [1.82, 2.24) is 30.4 Å². The van der Waals surface area contributed by atoms with E-state index >= 15 is 0 Å². The summed E-state index contributed by atoms with van der Waals surface area (Å²) in [5.41, 5.74) is 0.522. The van der Waals surface area contributed by atoms with Gasteiger partial charge in [-0.2, -0.15) is 9.78 Å². The molecule has 4 N–H and O–H groups in total. The van der Waals surface area contributed by atoms with E-state index in [1.165, 1.54) is 47.5 Å². The number of carbonyl (C=O) groups is 3. The van der Waals surface area contributed by atoms with Gasteiger partial charge in [0, 0.05) is 35.6 Å². The Bertz CT molecular complexity index is 1930. The van der Waals surface area contributed by atoms with Crippen LogP contribution < -0.4 is 16.0 Å². The first kappa shape index (κ1) is 29.0. The van der Waals surface area contributed by atoms with E-state index < -0.39 is 17.6 Å². The van der Waals surface area contributed by atoms with E-state index in [1.54, 1.807) is 43.3 Å². The summed E-state index contributed by atoms with van der Waals surface area (Å²) < 4.78 is 1.22. The SMILES string of the molecule is [C-]#[N+]c1cnn(-c2ncccn2)c1/N=N/c1c(O)c(C(=O)Nc2ccccc2)cc2cc(C(=O)NCC(=O)NCC)ccc12. The Morgan fingerprint density at radius 3 is 2.48 bits per heavy atom. The molecule has 0 fully saturated rings. The zero-order valence-electron chi connectivity index (χ0n) is 23.2. The monoisotopic (exact) mass is 588 g/mol. The van der Waals surface area contributed by atoms with Gasteiger partial charge in [0.05, 0.1) is 24.9 Å². The van der Waals surface area contributed by atoms with Crippen molar-refractivity contribution < 1.29 is 19.5 Å². The number of amides is 3. The third-order valence-corrected chi connectivity index (χ3v) is 6.24. The van der Waals surface area contributed by atoms with Gasteiger partial charge in [-0.1, -0.05) is 24.3 Å². The zero-order valence-corrected chi connectivity index (χ0v) is 23.2. The molecule has 5 rings (SSSR count). The number of hydrogen-bond donors (Lipinski definition) is 4. The largest absolute Gasteiger partial charge is 0.505 e. The molecule has 5 aromatic rings. The quantitative estimate of drug-likeness (QED) is 0.143. The predicted octanol–water partition coefficient (Wildman–Crippen LogP) is 4.61. The van der Waals surface area contributed by atoms with Gasteiger partial charge in [0.25, 0.3) is 23.5 Å². The second kappa shape index (κ2) is 13.0. The molecule has 14 heteroatoms. The molecule has 0 saturated carbocycles. The molecule has 0 saturated heterocycles. The lowest BCUT2D eigenvalue weighted by atomic mass is 10.0. The lowest BCUT2D eigenvalue weighted by Crippen LogP contribution is -2.36. The predicted molar refractivity (Wildman–Crippen MR) is 161 cm³/mol. The second-order valence-corrected chi connectivity index (χ2v) is 9.14. The van der Waals surface area contributed by atoms with Crippen molar-refractivity contribution in [1.29, 1.82) is 0 Å². The normalized spacial score (nSPS) is 10.8. The molecule has 0 atom stereocenters. The summed E-state index contributed by atoms with van der Waals surface area (Å²) in [5.74, 6) is -1.83. The number of phenols is 1. The first-order chi connectivity index (χ1) is 21.4. The van der Waals surface area contributed by atoms with E-state index in [1.807, 2.05) is 0 Å². The lowest BCUT2D eigenvalue weighted by Gasteiger charge is -2.12. The summed E-state index contributed by atoms with van der Waals surface area (Å²) >= 11 is 0. The third kappa shape index (κ3) is 6.21. The Kier molecular flexibility index (Phi) is 8.57. The summed E-state index contributed by atoms with van der Waals surface area (Å²) in [5, 5.41) is 32.5. The Morgan fingerprint density at radius 1 is 0.977 bits per heavy atom. The van der Waals surface area contributed by atoms with Gasteiger partial charge in [-0.05, 0) is 48.7 Å². The van der Waals surface area contributed by atoms with E-state index in [2.05, 4.69) is 46.1 Å². The van der Waals surface area contributed by atoms with Gasteiger partial charge in [-0.15, -0.1) is 10.2 Å². The molecule has 0 unspecified atom stereocenters. The van der Waals surface area contributed by atoms with E-state index in [-0.39, 0.29) is 46.7 Å². The van der Waals surface area contributed by atoms with Crippen LogP contribution in [0, 0.1) is 6.57 Å². The average Bonchev–Trinajstić information content (AvgIpc) is 3.46. The molecule has 0 aliphatic heterocycles. The number of para-hydroxylation sites is 1. The minimum atomic E-state index is -0.636. The maximum atomic E-state index is 13.3. The number of aromatic hydroxyl groups is 1. The van der Waals surface area contributed by atoms with Crippen LogP contribution in [0.4, 0.5) is 22.9 Å². The number of benzene rings is 3. The van der Waals surface area contributed by atoms with Crippen LogP contribution >= 0.6 is 0 Å². The molecule has 0 bridgehead atoms. The van der Waals surface area contributed by atoms with Crippen LogP contribution in [0.15, 0.2) is 89.5 Å². The van der Waals surface area contributed by atoms with Gasteiger partial charge in [-0.3, -0.25) is 14.4 Å². The highest BCUT2D eigenvalue weighted by Crippen LogP contribution is 2.41. The number of azo groups is 1. The summed E-state index contributed by atoms with van der Waals surface area (Å²) in [6.45, 7) is 9.51. The minimum Gasteiger partial charge on any atom is -0.505 e. The highest BCUT2D eigenvalue weighted by atomic mass is 16.3. The molecule has 0 aliphatic rings. The topological polar surface area (TPSA) is 180 Å². The van der Waals surface area contributed by atoms with Crippen LogP contribution in [0.1, 0.15) is 27.6 Å². The van der Waals surface area contributed by atoms with Crippen molar-refractivity contribution in [3.8, 4) is 11.7 Å². The van der Waals surface area contributed by atoms with Crippen LogP contribution in [-0.2, 0) is 4.79 Å². The molecule has 44 heavy (non-hydrogen) atoms. The third-order valence-electron chi connectivity index (χ3n) is 6.24. The van der Waals surface area contributed by atoms with E-state index in [4.69, 9.17) is 6.57 Å². The molecule has 3 aromatic carbocycles. The van der Waals surface area contributed by atoms with Gasteiger partial charge in [-0.25, -0.2) is 14.8 Å². The number of nitrogens with zero attached hydrogens (tertiary/aromatic N) is 7. The first-order valence-corrected chi connectivity index (χ1v) is 13.2. The van der Waals surface area contributed by atoms with Crippen LogP contribution in [0.5, 0.6) is 5.75 Å². The number of aromatic nitrogens is 4. The van der Waals surface area contributed by atoms with Crippen molar-refractivity contribution in [2.24, 2.45) is 10.2 Å². The maximum absolute atomic E-state index is 13.3. The van der Waals surface area contributed by atoms with Crippen molar-refractivity contribution in [2.75, 3.05) is 18.4 Å². The summed E-state index contributed by atoms with van der Waals surface area (Å²) in [6, 6.07) is 16.2. The van der Waals surface area contributed by atoms with Crippen LogP contribution in [0.2, 0.25) is 0 Å². The van der Waals surface area contributed by atoms with E-state index in [9.17, 15) is 19.5 Å². The fourth-order valence-electron chi connectivity index (χ4n) is 4.18. The average molecular weight is 589 g/mol. The number of nitrogens with one attached hydrogen (secondary N) is 3. The summed E-state index contributed by atoms with van der Waals surface area (Å²) in [6.07, 6.45) is 4.28. The Labute approximate surface area is 250 Å². The standard InChI is InChI=1S/C30H24N10O4/c1-3-32-24(41)17-35-28(43)18-10-11-21-19(14-18)15-22(29(44)37-20-8-5-4-6-9-20)26(42)25(21)38-39-27-23(31-2)16-36-40(27)30-33-12-7-13-34-30/h4-16,42H,3,17H2,1H3,(H,32,41)(H,35,43)(H,37,44)/b39-38+. The highest BCUT2D eigenvalue weighted by molar-refractivity contribution is 6.12. The van der Waals surface area contributed by atoms with Crippen molar-refractivity contribution >= 4 is 51.4 Å². The summed E-state index contributed by atoms with van der Waals surface area (Å²) in [7, 11) is 0. The van der Waals surface area contributed by atoms with Crippen LogP contribution in [0.3, 0.4) is 0 Å². The lowest BCUT2D eigenvalue weighted by molar-refractivity contribution is -0.120. The first-order valence-electron chi connectivity index (χ1n) is 13.2. The molecule has 2 aromatic heterocycles. The van der Waals surface area contributed by atoms with Gasteiger partial charge in [0.15, 0.2) is 11.6 Å². The number of fused-ring (bicyclic) bond motifs is 1. The Hall–Kier alpha value is -6.49. The number of rotatable bonds is 9. The molecule has 0 aliphatic carbocycles. The molecular weight excluding hydrogens is 564 g/mol. The van der Waals surface area contributed by atoms with Gasteiger partial charge in [0.1, 0.15) is 5.69 Å². The van der Waals surface area contributed by atoms with Crippen molar-refractivity contribution in [3.05, 3.63) is 102 Å². The summed E-state index contributed by atoms with van der Waals surface area (Å²) in [4.78, 5) is 49.7. The number of carbonyl (C=O) groups excluding carboxylic acids is 3. The molecule has 2 heterocycles. The number of hydrogen-bond acceptors (Lipinski definition) is 9. The maximum Gasteiger partial charge on any atom is 0.259 e. The Morgan fingerprint density at radius 2 is 1.75 bits per heavy atom. The molecular formula is C30H24N10O4. The van der Waals surface area contributed by atoms with Crippen molar-refractivity contribution in [2.45, 2.75) is 6.92 Å². The van der Waals surface area contributed by atoms with Gasteiger partial charge < -0.3 is 21.1 Å². The van der Waals surface area contributed by atoms with E-state index in [0.717, 1.165) is 0 Å². The molecule has 218 valence electrons. The fraction of sp³-hybridized carbons (Fsp3) is 0.100. The molecule has 0 spiro atoms. The number of anilines is 1. The fourth-order valence-corrected chi connectivity index (χ4v) is 4.18. The van der Waals surface area contributed by atoms with Crippen molar-refractivity contribution in [3.63, 3.8) is 0 Å². The number of likely N-dealkylation sites (N-methyl/N-ethyl adjacent to an activating group) is 1. The molecule has 14 nitrogen and oxygen atoms in total. The van der Waals surface area contributed by atoms with E-state index in [0.29, 0.717) is 23.0 Å². The second-order valence-electron chi connectivity index (χ2n) is 9.14. The highest BCUT2D eigenvalue weighted by Gasteiger charge is 2.21. The van der Waals surface area contributed by atoms with Gasteiger partial charge >= 0.3 is 0 Å². The van der Waals surface area contributed by atoms with Crippen LogP contribution in [-0.4, -0.2) is 55.7 Å². The van der Waals surface area contributed by atoms with Gasteiger partial charge in [0.2, 0.25) is 5.91 Å². The number of phenolic OH excluding ortho intramolecular Hbond substituents is 1.